The number of rotatable bonds is 6. The summed E-state index contributed by atoms with van der Waals surface area (Å²) in [6, 6.07) is 7.28. The molecule has 0 fully saturated rings. The molecular formula is C15H24N2O2. The zero-order valence-corrected chi connectivity index (χ0v) is 11.9. The number of benzene rings is 1. The van der Waals surface area contributed by atoms with Crippen LogP contribution in [0, 0.1) is 12.8 Å². The van der Waals surface area contributed by atoms with Crippen LogP contribution in [-0.4, -0.2) is 23.7 Å². The number of carbonyl (C=O) groups excluding carboxylic acids is 1. The van der Waals surface area contributed by atoms with E-state index in [0.717, 1.165) is 11.1 Å². The second kappa shape index (κ2) is 7.26. The molecule has 0 aliphatic heterocycles. The zero-order chi connectivity index (χ0) is 14.4. The van der Waals surface area contributed by atoms with Crippen molar-refractivity contribution in [1.29, 1.82) is 0 Å². The van der Waals surface area contributed by atoms with Crippen molar-refractivity contribution in [2.24, 2.45) is 11.7 Å². The number of nitrogens with two attached hydrogens (primary N) is 1. The van der Waals surface area contributed by atoms with E-state index in [-0.39, 0.29) is 36.9 Å². The van der Waals surface area contributed by atoms with Gasteiger partial charge >= 0.3 is 0 Å². The Labute approximate surface area is 115 Å². The molecule has 0 saturated carbocycles. The molecule has 19 heavy (non-hydrogen) atoms. The number of aliphatic hydroxyl groups is 1. The van der Waals surface area contributed by atoms with Gasteiger partial charge in [-0.1, -0.05) is 38.1 Å². The second-order valence-electron chi connectivity index (χ2n) is 5.27. The van der Waals surface area contributed by atoms with Crippen LogP contribution in [-0.2, 0) is 4.79 Å². The minimum atomic E-state index is -0.312. The third-order valence-electron chi connectivity index (χ3n) is 3.34. The summed E-state index contributed by atoms with van der Waals surface area (Å²) in [7, 11) is 0. The number of aryl methyl sites for hydroxylation is 1. The van der Waals surface area contributed by atoms with E-state index in [2.05, 4.69) is 5.32 Å². The number of aliphatic hydroxyl groups excluding tert-OH is 1. The van der Waals surface area contributed by atoms with Crippen LogP contribution in [0.25, 0.3) is 0 Å². The monoisotopic (exact) mass is 264 g/mol. The van der Waals surface area contributed by atoms with Gasteiger partial charge in [-0.3, -0.25) is 4.79 Å². The van der Waals surface area contributed by atoms with Gasteiger partial charge in [0.25, 0.3) is 0 Å². The molecule has 0 unspecified atom stereocenters. The normalized spacial score (nSPS) is 14.2. The molecular weight excluding hydrogens is 240 g/mol. The Morgan fingerprint density at radius 2 is 2.00 bits per heavy atom. The topological polar surface area (TPSA) is 75.4 Å². The van der Waals surface area contributed by atoms with Gasteiger partial charge in [0, 0.05) is 12.5 Å². The van der Waals surface area contributed by atoms with Crippen LogP contribution in [0.3, 0.4) is 0 Å². The fraction of sp³-hybridized carbons (Fsp3) is 0.533. The summed E-state index contributed by atoms with van der Waals surface area (Å²) < 4.78 is 0. The summed E-state index contributed by atoms with van der Waals surface area (Å²) in [6.07, 6.45) is 0.230. The van der Waals surface area contributed by atoms with Crippen LogP contribution < -0.4 is 11.1 Å². The molecule has 0 heterocycles. The number of amides is 1. The van der Waals surface area contributed by atoms with Crippen LogP contribution in [0.4, 0.5) is 0 Å². The van der Waals surface area contributed by atoms with Gasteiger partial charge in [-0.25, -0.2) is 0 Å². The van der Waals surface area contributed by atoms with Crippen LogP contribution in [0.5, 0.6) is 0 Å². The first kappa shape index (κ1) is 15.7. The van der Waals surface area contributed by atoms with Gasteiger partial charge in [-0.2, -0.15) is 0 Å². The van der Waals surface area contributed by atoms with Crippen molar-refractivity contribution in [3.8, 4) is 0 Å². The highest BCUT2D eigenvalue weighted by molar-refractivity contribution is 5.77. The molecule has 106 valence electrons. The average Bonchev–Trinajstić information content (AvgIpc) is 2.35. The van der Waals surface area contributed by atoms with Gasteiger partial charge in [0.15, 0.2) is 0 Å². The molecule has 0 aliphatic carbocycles. The van der Waals surface area contributed by atoms with E-state index in [1.165, 1.54) is 0 Å². The Balaban J connectivity index is 2.60. The standard InChI is InChI=1S/C15H24N2O2/c1-10(2)14(9-18)17-15(19)8-13(16)12-7-5-4-6-11(12)3/h4-7,10,13-14,18H,8-9,16H2,1-3H3,(H,17,19)/t13-,14-/m0/s1. The Morgan fingerprint density at radius 1 is 1.37 bits per heavy atom. The Hall–Kier alpha value is -1.39. The molecule has 2 atom stereocenters. The van der Waals surface area contributed by atoms with Crippen LogP contribution in [0.15, 0.2) is 24.3 Å². The number of hydrogen-bond acceptors (Lipinski definition) is 3. The van der Waals surface area contributed by atoms with Crippen molar-refractivity contribution >= 4 is 5.91 Å². The van der Waals surface area contributed by atoms with Crippen LogP contribution in [0.1, 0.15) is 37.4 Å². The summed E-state index contributed by atoms with van der Waals surface area (Å²) >= 11 is 0. The zero-order valence-electron chi connectivity index (χ0n) is 11.9. The van der Waals surface area contributed by atoms with Gasteiger partial charge in [-0.15, -0.1) is 0 Å². The smallest absolute Gasteiger partial charge is 0.222 e. The first-order valence-corrected chi connectivity index (χ1v) is 6.67. The molecule has 1 aromatic carbocycles. The highest BCUT2D eigenvalue weighted by Gasteiger charge is 2.18. The van der Waals surface area contributed by atoms with E-state index < -0.39 is 0 Å². The van der Waals surface area contributed by atoms with E-state index in [1.54, 1.807) is 0 Å². The van der Waals surface area contributed by atoms with E-state index in [9.17, 15) is 9.90 Å². The van der Waals surface area contributed by atoms with Gasteiger partial charge in [0.1, 0.15) is 0 Å². The lowest BCUT2D eigenvalue weighted by Crippen LogP contribution is -2.42. The number of nitrogens with one attached hydrogen (secondary N) is 1. The Kier molecular flexibility index (Phi) is 5.99. The van der Waals surface area contributed by atoms with Crippen molar-refractivity contribution in [2.75, 3.05) is 6.61 Å². The third kappa shape index (κ3) is 4.65. The minimum absolute atomic E-state index is 0.0526. The number of carbonyl (C=O) groups is 1. The fourth-order valence-electron chi connectivity index (χ4n) is 2.00. The van der Waals surface area contributed by atoms with Gasteiger partial charge in [-0.05, 0) is 24.0 Å². The first-order chi connectivity index (χ1) is 8.95. The van der Waals surface area contributed by atoms with Crippen LogP contribution in [0.2, 0.25) is 0 Å². The van der Waals surface area contributed by atoms with Crippen LogP contribution >= 0.6 is 0 Å². The van der Waals surface area contributed by atoms with Crippen molar-refractivity contribution < 1.29 is 9.90 Å². The molecule has 4 N–H and O–H groups in total. The molecule has 0 aromatic heterocycles. The summed E-state index contributed by atoms with van der Waals surface area (Å²) in [5, 5.41) is 12.0. The van der Waals surface area contributed by atoms with Crippen molar-refractivity contribution in [3.63, 3.8) is 0 Å². The summed E-state index contributed by atoms with van der Waals surface area (Å²) in [5.41, 5.74) is 8.14. The van der Waals surface area contributed by atoms with E-state index in [1.807, 2.05) is 45.0 Å². The molecule has 4 heteroatoms. The molecule has 0 radical (unpaired) electrons. The quantitative estimate of drug-likeness (QED) is 0.729. The molecule has 0 spiro atoms. The second-order valence-corrected chi connectivity index (χ2v) is 5.27. The predicted octanol–water partition coefficient (Wildman–Crippen LogP) is 1.52. The lowest BCUT2D eigenvalue weighted by atomic mass is 9.98. The minimum Gasteiger partial charge on any atom is -0.394 e. The van der Waals surface area contributed by atoms with Crippen molar-refractivity contribution in [1.82, 2.24) is 5.32 Å². The van der Waals surface area contributed by atoms with E-state index in [0.29, 0.717) is 0 Å². The molecule has 1 rings (SSSR count). The molecule has 1 aromatic rings. The highest BCUT2D eigenvalue weighted by Crippen LogP contribution is 2.18. The van der Waals surface area contributed by atoms with E-state index >= 15 is 0 Å². The lowest BCUT2D eigenvalue weighted by Gasteiger charge is -2.21. The summed E-state index contributed by atoms with van der Waals surface area (Å²) in [6.45, 7) is 5.85. The molecule has 0 bridgehead atoms. The predicted molar refractivity (Wildman–Crippen MR) is 76.6 cm³/mol. The maximum absolute atomic E-state index is 11.9. The van der Waals surface area contributed by atoms with Gasteiger partial charge in [0.2, 0.25) is 5.91 Å². The highest BCUT2D eigenvalue weighted by atomic mass is 16.3. The first-order valence-electron chi connectivity index (χ1n) is 6.67. The Morgan fingerprint density at radius 3 is 2.53 bits per heavy atom. The fourth-order valence-corrected chi connectivity index (χ4v) is 2.00. The summed E-state index contributed by atoms with van der Waals surface area (Å²) in [4.78, 5) is 11.9. The van der Waals surface area contributed by atoms with Crippen molar-refractivity contribution in [3.05, 3.63) is 35.4 Å². The SMILES string of the molecule is Cc1ccccc1[C@@H](N)CC(=O)N[C@@H](CO)C(C)C. The molecule has 4 nitrogen and oxygen atoms in total. The van der Waals surface area contributed by atoms with Crippen molar-refractivity contribution in [2.45, 2.75) is 39.3 Å². The lowest BCUT2D eigenvalue weighted by molar-refractivity contribution is -0.122. The molecule has 1 amide bonds. The molecule has 0 aliphatic rings. The largest absolute Gasteiger partial charge is 0.394 e. The van der Waals surface area contributed by atoms with E-state index in [4.69, 9.17) is 5.73 Å². The van der Waals surface area contributed by atoms with Gasteiger partial charge in [0.05, 0.1) is 12.6 Å². The van der Waals surface area contributed by atoms with Gasteiger partial charge < -0.3 is 16.2 Å². The number of hydrogen-bond donors (Lipinski definition) is 3. The maximum Gasteiger partial charge on any atom is 0.222 e. The Bertz CT molecular complexity index is 418. The average molecular weight is 264 g/mol. The molecule has 0 saturated heterocycles. The maximum atomic E-state index is 11.9. The summed E-state index contributed by atoms with van der Waals surface area (Å²) in [5.74, 6) is 0.0761. The third-order valence-corrected chi connectivity index (χ3v) is 3.34.